The summed E-state index contributed by atoms with van der Waals surface area (Å²) in [5, 5.41) is 0. The third kappa shape index (κ3) is 3.40. The Kier molecular flexibility index (Phi) is 4.81. The molecule has 0 bridgehead atoms. The van der Waals surface area contributed by atoms with Gasteiger partial charge in [-0.2, -0.15) is 0 Å². The number of rotatable bonds is 4. The maximum absolute atomic E-state index is 5.49. The zero-order chi connectivity index (χ0) is 17.9. The molecule has 4 rings (SSSR count). The van der Waals surface area contributed by atoms with Gasteiger partial charge in [0.1, 0.15) is 5.75 Å². The van der Waals surface area contributed by atoms with E-state index < -0.39 is 0 Å². The van der Waals surface area contributed by atoms with E-state index in [1.54, 1.807) is 7.11 Å². The quantitative estimate of drug-likeness (QED) is 0.675. The monoisotopic (exact) mass is 346 g/mol. The number of aromatic nitrogens is 1. The van der Waals surface area contributed by atoms with Crippen molar-refractivity contribution in [2.24, 2.45) is 0 Å². The first kappa shape index (κ1) is 16.9. The first-order valence-electron chi connectivity index (χ1n) is 9.33. The zero-order valence-electron chi connectivity index (χ0n) is 15.6. The molecule has 1 aliphatic rings. The molecular weight excluding hydrogens is 320 g/mol. The number of benzene rings is 2. The summed E-state index contributed by atoms with van der Waals surface area (Å²) in [5.41, 5.74) is 5.35. The van der Waals surface area contributed by atoms with E-state index in [0.717, 1.165) is 31.8 Å². The third-order valence-corrected chi connectivity index (χ3v) is 5.23. The Morgan fingerprint density at radius 1 is 1.00 bits per heavy atom. The number of aryl methyl sites for hydroxylation is 2. The van der Waals surface area contributed by atoms with Gasteiger partial charge in [0.2, 0.25) is 0 Å². The lowest BCUT2D eigenvalue weighted by Crippen LogP contribution is -2.29. The molecule has 1 aromatic heterocycles. The molecule has 3 heteroatoms. The second-order valence-corrected chi connectivity index (χ2v) is 7.12. The van der Waals surface area contributed by atoms with Gasteiger partial charge in [0.05, 0.1) is 13.2 Å². The Morgan fingerprint density at radius 2 is 1.88 bits per heavy atom. The highest BCUT2D eigenvalue weighted by Gasteiger charge is 2.27. The first-order valence-corrected chi connectivity index (χ1v) is 9.33. The smallest absolute Gasteiger partial charge is 0.119 e. The van der Waals surface area contributed by atoms with E-state index in [-0.39, 0.29) is 6.04 Å². The molecule has 0 unspecified atom stereocenters. The molecule has 134 valence electrons. The van der Waals surface area contributed by atoms with Crippen molar-refractivity contribution in [3.63, 3.8) is 0 Å². The molecule has 0 radical (unpaired) electrons. The average molecular weight is 346 g/mol. The van der Waals surface area contributed by atoms with Crippen molar-refractivity contribution in [3.8, 4) is 5.75 Å². The number of ether oxygens (including phenoxy) is 1. The van der Waals surface area contributed by atoms with Crippen molar-refractivity contribution in [1.29, 1.82) is 0 Å². The summed E-state index contributed by atoms with van der Waals surface area (Å²) in [5.74, 6) is 0.917. The van der Waals surface area contributed by atoms with Gasteiger partial charge in [-0.05, 0) is 48.7 Å². The van der Waals surface area contributed by atoms with E-state index in [4.69, 9.17) is 4.74 Å². The Morgan fingerprint density at radius 3 is 2.73 bits per heavy atom. The minimum Gasteiger partial charge on any atom is -0.497 e. The third-order valence-electron chi connectivity index (χ3n) is 5.23. The van der Waals surface area contributed by atoms with Gasteiger partial charge in [-0.3, -0.25) is 4.90 Å². The molecule has 3 aromatic rings. The molecule has 1 atom stereocenters. The van der Waals surface area contributed by atoms with Crippen molar-refractivity contribution in [3.05, 3.63) is 89.2 Å². The lowest BCUT2D eigenvalue weighted by atomic mass is 10.0. The molecule has 0 spiro atoms. The lowest BCUT2D eigenvalue weighted by molar-refractivity contribution is 0.220. The van der Waals surface area contributed by atoms with Crippen LogP contribution < -0.4 is 4.74 Å². The largest absolute Gasteiger partial charge is 0.497 e. The summed E-state index contributed by atoms with van der Waals surface area (Å²) in [6.45, 7) is 5.27. The lowest BCUT2D eigenvalue weighted by Gasteiger charge is -2.31. The van der Waals surface area contributed by atoms with Crippen molar-refractivity contribution in [2.45, 2.75) is 32.5 Å². The fraction of sp³-hybridized carbons (Fsp3) is 0.304. The predicted octanol–water partition coefficient (Wildman–Crippen LogP) is 4.80. The van der Waals surface area contributed by atoms with Crippen molar-refractivity contribution in [2.75, 3.05) is 13.7 Å². The molecule has 0 fully saturated rings. The number of hydrogen-bond acceptors (Lipinski definition) is 2. The van der Waals surface area contributed by atoms with Gasteiger partial charge in [0.15, 0.2) is 0 Å². The van der Waals surface area contributed by atoms with Gasteiger partial charge >= 0.3 is 0 Å². The van der Waals surface area contributed by atoms with Crippen LogP contribution in [0.5, 0.6) is 5.75 Å². The highest BCUT2D eigenvalue weighted by molar-refractivity contribution is 5.36. The van der Waals surface area contributed by atoms with Crippen LogP contribution in [-0.2, 0) is 13.1 Å². The number of nitrogens with zero attached hydrogens (tertiary/aromatic N) is 2. The zero-order valence-corrected chi connectivity index (χ0v) is 15.6. The van der Waals surface area contributed by atoms with E-state index >= 15 is 0 Å². The average Bonchev–Trinajstić information content (AvgIpc) is 3.03. The van der Waals surface area contributed by atoms with Gasteiger partial charge in [0.25, 0.3) is 0 Å². The second kappa shape index (κ2) is 7.38. The molecule has 26 heavy (non-hydrogen) atoms. The maximum Gasteiger partial charge on any atom is 0.119 e. The van der Waals surface area contributed by atoms with Crippen LogP contribution in [0.1, 0.15) is 34.8 Å². The maximum atomic E-state index is 5.49. The summed E-state index contributed by atoms with van der Waals surface area (Å²) < 4.78 is 7.89. The molecule has 3 nitrogen and oxygen atoms in total. The fourth-order valence-electron chi connectivity index (χ4n) is 4.05. The van der Waals surface area contributed by atoms with E-state index in [2.05, 4.69) is 77.2 Å². The molecule has 2 aromatic carbocycles. The molecule has 2 heterocycles. The first-order chi connectivity index (χ1) is 12.7. The van der Waals surface area contributed by atoms with Crippen LogP contribution in [0.4, 0.5) is 0 Å². The highest BCUT2D eigenvalue weighted by Crippen LogP contribution is 2.34. The van der Waals surface area contributed by atoms with Crippen LogP contribution in [0.25, 0.3) is 0 Å². The van der Waals surface area contributed by atoms with Crippen LogP contribution in [0.15, 0.2) is 66.9 Å². The molecule has 1 aliphatic heterocycles. The molecule has 0 aliphatic carbocycles. The minimum atomic E-state index is 0.239. The summed E-state index contributed by atoms with van der Waals surface area (Å²) in [7, 11) is 1.74. The van der Waals surface area contributed by atoms with Crippen LogP contribution in [0.3, 0.4) is 0 Å². The van der Waals surface area contributed by atoms with E-state index in [9.17, 15) is 0 Å². The molecule has 0 N–H and O–H groups in total. The van der Waals surface area contributed by atoms with Crippen LogP contribution >= 0.6 is 0 Å². The van der Waals surface area contributed by atoms with Gasteiger partial charge in [-0.25, -0.2) is 0 Å². The number of fused-ring (bicyclic) bond motifs is 1. The number of hydrogen-bond donors (Lipinski definition) is 0. The van der Waals surface area contributed by atoms with Crippen molar-refractivity contribution in [1.82, 2.24) is 9.47 Å². The molecular formula is C23H26N2O. The van der Waals surface area contributed by atoms with Gasteiger partial charge in [0, 0.05) is 31.5 Å². The Bertz CT molecular complexity index is 883. The van der Waals surface area contributed by atoms with Crippen molar-refractivity contribution < 1.29 is 4.74 Å². The summed E-state index contributed by atoms with van der Waals surface area (Å²) in [6.07, 6.45) is 3.37. The Hall–Kier alpha value is -2.52. The van der Waals surface area contributed by atoms with Crippen LogP contribution in [-0.4, -0.2) is 23.1 Å². The standard InChI is InChI=1S/C23H26N2O/c1-18-7-3-8-19(15-18)17-25-14-6-13-24-12-5-11-22(24)23(25)20-9-4-10-21(16-20)26-2/h3-5,7-12,15-16,23H,6,13-14,17H2,1-2H3/t23-/m0/s1. The topological polar surface area (TPSA) is 17.4 Å². The highest BCUT2D eigenvalue weighted by atomic mass is 16.5. The summed E-state index contributed by atoms with van der Waals surface area (Å²) >= 11 is 0. The van der Waals surface area contributed by atoms with Gasteiger partial charge in [-0.1, -0.05) is 42.0 Å². The Labute approximate surface area is 155 Å². The van der Waals surface area contributed by atoms with E-state index in [1.165, 1.54) is 22.4 Å². The number of methoxy groups -OCH3 is 1. The second-order valence-electron chi connectivity index (χ2n) is 7.12. The van der Waals surface area contributed by atoms with Gasteiger partial charge in [-0.15, -0.1) is 0 Å². The summed E-state index contributed by atoms with van der Waals surface area (Å²) in [6, 6.07) is 22.0. The Balaban J connectivity index is 1.75. The predicted molar refractivity (Wildman–Crippen MR) is 105 cm³/mol. The van der Waals surface area contributed by atoms with Crippen LogP contribution in [0, 0.1) is 6.92 Å². The molecule has 0 saturated heterocycles. The van der Waals surface area contributed by atoms with E-state index in [1.807, 2.05) is 6.07 Å². The normalized spacial score (nSPS) is 17.5. The SMILES string of the molecule is COc1cccc([C@H]2c3cccn3CCCN2Cc2cccc(C)c2)c1. The van der Waals surface area contributed by atoms with Crippen LogP contribution in [0.2, 0.25) is 0 Å². The van der Waals surface area contributed by atoms with Crippen molar-refractivity contribution >= 4 is 0 Å². The molecule has 0 amide bonds. The summed E-state index contributed by atoms with van der Waals surface area (Å²) in [4.78, 5) is 2.60. The van der Waals surface area contributed by atoms with Gasteiger partial charge < -0.3 is 9.30 Å². The molecule has 0 saturated carbocycles. The fourth-order valence-corrected chi connectivity index (χ4v) is 4.05. The van der Waals surface area contributed by atoms with E-state index in [0.29, 0.717) is 0 Å². The minimum absolute atomic E-state index is 0.239.